The number of carbonyl (C=O) groups excluding carboxylic acids is 1. The number of ketones is 1. The van der Waals surface area contributed by atoms with Crippen LogP contribution in [0.2, 0.25) is 0 Å². The van der Waals surface area contributed by atoms with E-state index in [0.717, 1.165) is 49.6 Å². The molecular weight excluding hydrogens is 402 g/mol. The first-order valence-electron chi connectivity index (χ1n) is 12.2. The lowest BCUT2D eigenvalue weighted by Crippen LogP contribution is -2.74. The molecule has 5 heteroatoms. The second-order valence-corrected chi connectivity index (χ2v) is 10.9. The molecule has 1 aromatic carbocycles. The number of Topliss-reactive ketones (excluding diaryl/α,β-unsaturated/α-hetero) is 1. The van der Waals surface area contributed by atoms with E-state index in [2.05, 4.69) is 29.2 Å². The summed E-state index contributed by atoms with van der Waals surface area (Å²) in [5.74, 6) is 2.69. The topological polar surface area (TPSA) is 48.0 Å². The third kappa shape index (κ3) is 2.44. The number of methoxy groups -OCH3 is 3. The minimum atomic E-state index is -0.542. The van der Waals surface area contributed by atoms with Crippen LogP contribution in [-0.2, 0) is 21.4 Å². The molecular formula is C27H35NO4. The van der Waals surface area contributed by atoms with E-state index < -0.39 is 5.60 Å². The summed E-state index contributed by atoms with van der Waals surface area (Å²) in [5, 5.41) is 0. The van der Waals surface area contributed by atoms with E-state index in [1.807, 2.05) is 0 Å². The molecule has 3 fully saturated rings. The van der Waals surface area contributed by atoms with Crippen LogP contribution in [0.15, 0.2) is 24.3 Å². The van der Waals surface area contributed by atoms with E-state index in [1.165, 1.54) is 30.5 Å². The molecule has 2 saturated carbocycles. The van der Waals surface area contributed by atoms with Gasteiger partial charge in [0, 0.05) is 36.1 Å². The van der Waals surface area contributed by atoms with Gasteiger partial charge in [-0.1, -0.05) is 18.2 Å². The number of benzene rings is 1. The Bertz CT molecular complexity index is 1000. The van der Waals surface area contributed by atoms with Crippen molar-refractivity contribution in [3.05, 3.63) is 35.4 Å². The average molecular weight is 438 g/mol. The number of hydrogen-bond acceptors (Lipinski definition) is 5. The molecule has 0 N–H and O–H groups in total. The average Bonchev–Trinajstić information content (AvgIpc) is 3.63. The van der Waals surface area contributed by atoms with E-state index >= 15 is 0 Å². The summed E-state index contributed by atoms with van der Waals surface area (Å²) in [5.41, 5.74) is 1.96. The van der Waals surface area contributed by atoms with Gasteiger partial charge in [0.05, 0.1) is 25.7 Å². The molecule has 172 valence electrons. The molecule has 32 heavy (non-hydrogen) atoms. The Kier molecular flexibility index (Phi) is 4.43. The molecule has 1 aliphatic heterocycles. The van der Waals surface area contributed by atoms with Crippen molar-refractivity contribution in [2.24, 2.45) is 17.3 Å². The van der Waals surface area contributed by atoms with Crippen LogP contribution in [0.25, 0.3) is 0 Å². The Morgan fingerprint density at radius 2 is 1.97 bits per heavy atom. The number of hydrogen-bond donors (Lipinski definition) is 0. The van der Waals surface area contributed by atoms with Crippen LogP contribution in [0.1, 0.15) is 50.2 Å². The normalized spacial score (nSPS) is 39.4. The van der Waals surface area contributed by atoms with Crippen molar-refractivity contribution in [2.45, 2.75) is 62.5 Å². The van der Waals surface area contributed by atoms with Gasteiger partial charge in [0.15, 0.2) is 11.5 Å². The monoisotopic (exact) mass is 437 g/mol. The highest BCUT2D eigenvalue weighted by Crippen LogP contribution is 2.71. The molecule has 5 nitrogen and oxygen atoms in total. The van der Waals surface area contributed by atoms with Gasteiger partial charge >= 0.3 is 0 Å². The van der Waals surface area contributed by atoms with E-state index in [0.29, 0.717) is 6.04 Å². The lowest BCUT2D eigenvalue weighted by atomic mass is 9.37. The van der Waals surface area contributed by atoms with Gasteiger partial charge in [-0.2, -0.15) is 0 Å². The van der Waals surface area contributed by atoms with Crippen LogP contribution in [-0.4, -0.2) is 56.7 Å². The summed E-state index contributed by atoms with van der Waals surface area (Å²) in [6, 6.07) is 4.73. The Hall–Kier alpha value is -1.85. The number of rotatable bonds is 6. The zero-order chi connectivity index (χ0) is 22.3. The van der Waals surface area contributed by atoms with Crippen LogP contribution in [0, 0.1) is 17.3 Å². The van der Waals surface area contributed by atoms with Crippen molar-refractivity contribution >= 4 is 5.78 Å². The van der Waals surface area contributed by atoms with Gasteiger partial charge < -0.3 is 14.2 Å². The standard InChI is InChI=1S/C27H35NO4/c1-17(29)20-14-25-9-10-27(20,32-4)16-26(25)11-12-28(15-18-5-6-18)22(25)13-19-7-8-21(30-2)24(31-3)23(19)26/h7-10,18,20,22H,5-6,11-16H2,1-4H3/t20-,22-,25-,26-,27+/m1/s1. The maximum Gasteiger partial charge on any atom is 0.164 e. The molecule has 1 saturated heterocycles. The minimum Gasteiger partial charge on any atom is -0.493 e. The number of likely N-dealkylation sites (tertiary alicyclic amines) is 1. The fourth-order valence-electron chi connectivity index (χ4n) is 8.11. The summed E-state index contributed by atoms with van der Waals surface area (Å²) in [6.07, 6.45) is 11.2. The first-order valence-corrected chi connectivity index (χ1v) is 12.2. The molecule has 7 rings (SSSR count). The predicted molar refractivity (Wildman–Crippen MR) is 122 cm³/mol. The van der Waals surface area contributed by atoms with Gasteiger partial charge in [0.2, 0.25) is 0 Å². The summed E-state index contributed by atoms with van der Waals surface area (Å²) in [4.78, 5) is 15.7. The Balaban J connectivity index is 1.60. The number of piperidine rings is 1. The Morgan fingerprint density at radius 1 is 1.16 bits per heavy atom. The lowest BCUT2D eigenvalue weighted by molar-refractivity contribution is -0.176. The molecule has 5 aliphatic carbocycles. The van der Waals surface area contributed by atoms with Crippen molar-refractivity contribution in [2.75, 3.05) is 34.4 Å². The van der Waals surface area contributed by atoms with Crippen LogP contribution < -0.4 is 9.47 Å². The number of carbonyl (C=O) groups is 1. The first kappa shape index (κ1) is 20.7. The first-order chi connectivity index (χ1) is 15.4. The van der Waals surface area contributed by atoms with Gasteiger partial charge in [0.25, 0.3) is 0 Å². The quantitative estimate of drug-likeness (QED) is 0.632. The molecule has 1 heterocycles. The minimum absolute atomic E-state index is 0.0800. The number of fused-ring (bicyclic) bond motifs is 2. The second kappa shape index (κ2) is 6.83. The third-order valence-corrected chi connectivity index (χ3v) is 9.71. The zero-order valence-electron chi connectivity index (χ0n) is 19.8. The largest absolute Gasteiger partial charge is 0.493 e. The smallest absolute Gasteiger partial charge is 0.164 e. The van der Waals surface area contributed by atoms with E-state index in [1.54, 1.807) is 28.3 Å². The maximum atomic E-state index is 12.9. The fraction of sp³-hybridized carbons (Fsp3) is 0.667. The molecule has 5 atom stereocenters. The molecule has 4 bridgehead atoms. The van der Waals surface area contributed by atoms with Gasteiger partial charge in [-0.25, -0.2) is 0 Å². The van der Waals surface area contributed by atoms with Crippen LogP contribution in [0.5, 0.6) is 11.5 Å². The van der Waals surface area contributed by atoms with Crippen molar-refractivity contribution in [3.63, 3.8) is 0 Å². The highest BCUT2D eigenvalue weighted by molar-refractivity contribution is 5.81. The third-order valence-electron chi connectivity index (χ3n) is 9.71. The SMILES string of the molecule is COc1ccc2c(c1OC)[C@]13CCN(CC4CC4)[C@H](C2)[C@]12C=C[C@](OC)(C3)[C@@H](C(C)=O)C2. The van der Waals surface area contributed by atoms with E-state index in [-0.39, 0.29) is 22.5 Å². The predicted octanol–water partition coefficient (Wildman–Crippen LogP) is 3.92. The van der Waals surface area contributed by atoms with E-state index in [9.17, 15) is 4.79 Å². The molecule has 0 unspecified atom stereocenters. The summed E-state index contributed by atoms with van der Waals surface area (Å²) >= 11 is 0. The number of nitrogens with zero attached hydrogens (tertiary/aromatic N) is 1. The van der Waals surface area contributed by atoms with Gasteiger partial charge in [-0.05, 0) is 69.5 Å². The molecule has 1 spiro atoms. The highest BCUT2D eigenvalue weighted by atomic mass is 16.5. The van der Waals surface area contributed by atoms with Crippen LogP contribution in [0.4, 0.5) is 0 Å². The fourth-order valence-corrected chi connectivity index (χ4v) is 8.11. The summed E-state index contributed by atoms with van der Waals surface area (Å²) < 4.78 is 18.0. The van der Waals surface area contributed by atoms with Crippen LogP contribution >= 0.6 is 0 Å². The molecule has 1 aromatic rings. The lowest BCUT2D eigenvalue weighted by Gasteiger charge is -2.71. The van der Waals surface area contributed by atoms with E-state index in [4.69, 9.17) is 14.2 Å². The summed E-state index contributed by atoms with van der Waals surface area (Å²) in [6.45, 7) is 4.04. The zero-order valence-corrected chi connectivity index (χ0v) is 19.8. The highest BCUT2D eigenvalue weighted by Gasteiger charge is 2.72. The molecule has 0 aromatic heterocycles. The second-order valence-electron chi connectivity index (χ2n) is 10.9. The molecule has 0 amide bonds. The Morgan fingerprint density at radius 3 is 2.62 bits per heavy atom. The Labute approximate surface area is 191 Å². The molecule has 6 aliphatic rings. The van der Waals surface area contributed by atoms with Crippen LogP contribution in [0.3, 0.4) is 0 Å². The van der Waals surface area contributed by atoms with Crippen molar-refractivity contribution < 1.29 is 19.0 Å². The molecule has 0 radical (unpaired) electrons. The van der Waals surface area contributed by atoms with Gasteiger partial charge in [-0.3, -0.25) is 9.69 Å². The summed E-state index contributed by atoms with van der Waals surface area (Å²) in [7, 11) is 5.26. The van der Waals surface area contributed by atoms with Crippen molar-refractivity contribution in [1.29, 1.82) is 0 Å². The van der Waals surface area contributed by atoms with Gasteiger partial charge in [0.1, 0.15) is 5.78 Å². The van der Waals surface area contributed by atoms with Crippen molar-refractivity contribution in [1.82, 2.24) is 4.90 Å². The van der Waals surface area contributed by atoms with Gasteiger partial charge in [-0.15, -0.1) is 0 Å². The number of ether oxygens (including phenoxy) is 3. The van der Waals surface area contributed by atoms with Crippen molar-refractivity contribution in [3.8, 4) is 11.5 Å². The maximum absolute atomic E-state index is 12.9.